The number of carbonyl (C=O) groups is 1. The summed E-state index contributed by atoms with van der Waals surface area (Å²) in [4.78, 5) is 13.9. The molecule has 0 aromatic heterocycles. The van der Waals surface area contributed by atoms with E-state index in [4.69, 9.17) is 4.74 Å². The maximum Gasteiger partial charge on any atom is 0.320 e. The van der Waals surface area contributed by atoms with Crippen LogP contribution in [0.2, 0.25) is 0 Å². The molecule has 0 radical (unpaired) electrons. The lowest BCUT2D eigenvalue weighted by atomic mass is 9.89. The Morgan fingerprint density at radius 1 is 1.24 bits per heavy atom. The second-order valence-electron chi connectivity index (χ2n) is 5.40. The van der Waals surface area contributed by atoms with Gasteiger partial charge in [-0.1, -0.05) is 6.92 Å². The molecule has 98 valence electrons. The molecule has 0 amide bonds. The maximum absolute atomic E-state index is 11.8. The van der Waals surface area contributed by atoms with Crippen molar-refractivity contribution in [2.75, 3.05) is 32.7 Å². The molecule has 4 heteroatoms. The van der Waals surface area contributed by atoms with Gasteiger partial charge in [0.15, 0.2) is 0 Å². The van der Waals surface area contributed by atoms with E-state index in [1.807, 2.05) is 0 Å². The Balaban J connectivity index is 1.66. The highest BCUT2D eigenvalue weighted by molar-refractivity contribution is 5.71. The van der Waals surface area contributed by atoms with Gasteiger partial charge in [-0.15, -0.1) is 0 Å². The van der Waals surface area contributed by atoms with Crippen molar-refractivity contribution in [2.24, 2.45) is 5.92 Å². The number of piperazine rings is 1. The molecule has 0 spiro atoms. The summed E-state index contributed by atoms with van der Waals surface area (Å²) in [6, 6.07) is 0. The first kappa shape index (κ1) is 12.8. The van der Waals surface area contributed by atoms with Crippen molar-refractivity contribution in [3.8, 4) is 0 Å². The normalized spacial score (nSPS) is 31.1. The van der Waals surface area contributed by atoms with Gasteiger partial charge in [-0.05, 0) is 31.6 Å². The van der Waals surface area contributed by atoms with Crippen LogP contribution in [0.1, 0.15) is 32.6 Å². The highest BCUT2D eigenvalue weighted by atomic mass is 16.5. The number of nitrogens with zero attached hydrogens (tertiary/aromatic N) is 1. The third kappa shape index (κ3) is 4.28. The second kappa shape index (κ2) is 6.36. The first-order chi connectivity index (χ1) is 8.24. The van der Waals surface area contributed by atoms with Gasteiger partial charge < -0.3 is 10.1 Å². The van der Waals surface area contributed by atoms with Crippen LogP contribution in [0.3, 0.4) is 0 Å². The van der Waals surface area contributed by atoms with Crippen molar-refractivity contribution in [3.63, 3.8) is 0 Å². The van der Waals surface area contributed by atoms with E-state index in [1.54, 1.807) is 0 Å². The summed E-state index contributed by atoms with van der Waals surface area (Å²) in [5.41, 5.74) is 0. The summed E-state index contributed by atoms with van der Waals surface area (Å²) in [5.74, 6) is 0.768. The number of ether oxygens (including phenoxy) is 1. The van der Waals surface area contributed by atoms with E-state index in [0.29, 0.717) is 6.54 Å². The van der Waals surface area contributed by atoms with Crippen LogP contribution in [0.15, 0.2) is 0 Å². The smallest absolute Gasteiger partial charge is 0.320 e. The molecule has 2 rings (SSSR count). The lowest BCUT2D eigenvalue weighted by molar-refractivity contribution is -0.152. The predicted molar refractivity (Wildman–Crippen MR) is 66.8 cm³/mol. The Morgan fingerprint density at radius 2 is 1.88 bits per heavy atom. The molecular weight excluding hydrogens is 216 g/mol. The number of esters is 1. The number of hydrogen-bond acceptors (Lipinski definition) is 4. The van der Waals surface area contributed by atoms with E-state index < -0.39 is 0 Å². The van der Waals surface area contributed by atoms with E-state index in [0.717, 1.165) is 44.9 Å². The molecule has 0 atom stereocenters. The van der Waals surface area contributed by atoms with Crippen LogP contribution >= 0.6 is 0 Å². The number of carbonyl (C=O) groups excluding carboxylic acids is 1. The minimum atomic E-state index is -0.0357. The SMILES string of the molecule is CC1CCC(OC(=O)CN2CCNCC2)CC1. The lowest BCUT2D eigenvalue weighted by Gasteiger charge is -2.29. The van der Waals surface area contributed by atoms with Crippen LogP contribution in [0.4, 0.5) is 0 Å². The van der Waals surface area contributed by atoms with E-state index in [9.17, 15) is 4.79 Å². The largest absolute Gasteiger partial charge is 0.461 e. The summed E-state index contributed by atoms with van der Waals surface area (Å²) < 4.78 is 5.54. The summed E-state index contributed by atoms with van der Waals surface area (Å²) in [6.07, 6.45) is 4.68. The van der Waals surface area contributed by atoms with Crippen LogP contribution in [-0.4, -0.2) is 49.7 Å². The van der Waals surface area contributed by atoms with Gasteiger partial charge in [0.2, 0.25) is 0 Å². The van der Waals surface area contributed by atoms with Gasteiger partial charge >= 0.3 is 5.97 Å². The van der Waals surface area contributed by atoms with Crippen LogP contribution in [0.5, 0.6) is 0 Å². The van der Waals surface area contributed by atoms with E-state index in [2.05, 4.69) is 17.1 Å². The van der Waals surface area contributed by atoms with E-state index >= 15 is 0 Å². The molecule has 17 heavy (non-hydrogen) atoms. The minimum Gasteiger partial charge on any atom is -0.461 e. The number of nitrogens with one attached hydrogen (secondary N) is 1. The van der Waals surface area contributed by atoms with Gasteiger partial charge in [0.1, 0.15) is 6.10 Å². The standard InChI is InChI=1S/C13H24N2O2/c1-11-2-4-12(5-3-11)17-13(16)10-15-8-6-14-7-9-15/h11-12,14H,2-10H2,1H3. The summed E-state index contributed by atoms with van der Waals surface area (Å²) in [7, 11) is 0. The van der Waals surface area contributed by atoms with Crippen molar-refractivity contribution in [3.05, 3.63) is 0 Å². The molecule has 4 nitrogen and oxygen atoms in total. The van der Waals surface area contributed by atoms with Crippen molar-refractivity contribution >= 4 is 5.97 Å². The predicted octanol–water partition coefficient (Wildman–Crippen LogP) is 1.01. The molecule has 1 saturated carbocycles. The van der Waals surface area contributed by atoms with Crippen molar-refractivity contribution in [1.82, 2.24) is 10.2 Å². The molecule has 0 aromatic rings. The molecular formula is C13H24N2O2. The zero-order valence-electron chi connectivity index (χ0n) is 10.8. The molecule has 1 heterocycles. The van der Waals surface area contributed by atoms with Crippen LogP contribution < -0.4 is 5.32 Å². The highest BCUT2D eigenvalue weighted by Gasteiger charge is 2.22. The van der Waals surface area contributed by atoms with Crippen molar-refractivity contribution in [1.29, 1.82) is 0 Å². The molecule has 1 N–H and O–H groups in total. The fourth-order valence-corrected chi connectivity index (χ4v) is 2.62. The number of rotatable bonds is 3. The zero-order chi connectivity index (χ0) is 12.1. The molecule has 1 aliphatic carbocycles. The summed E-state index contributed by atoms with van der Waals surface area (Å²) in [5, 5.41) is 3.28. The summed E-state index contributed by atoms with van der Waals surface area (Å²) in [6.45, 7) is 6.61. The van der Waals surface area contributed by atoms with Crippen LogP contribution in [0, 0.1) is 5.92 Å². The molecule has 2 aliphatic rings. The van der Waals surface area contributed by atoms with Gasteiger partial charge in [-0.3, -0.25) is 9.69 Å². The lowest BCUT2D eigenvalue weighted by Crippen LogP contribution is -2.46. The maximum atomic E-state index is 11.8. The molecule has 0 bridgehead atoms. The monoisotopic (exact) mass is 240 g/mol. The Morgan fingerprint density at radius 3 is 2.53 bits per heavy atom. The van der Waals surface area contributed by atoms with E-state index in [-0.39, 0.29) is 12.1 Å². The van der Waals surface area contributed by atoms with Gasteiger partial charge in [0.25, 0.3) is 0 Å². The highest BCUT2D eigenvalue weighted by Crippen LogP contribution is 2.25. The Hall–Kier alpha value is -0.610. The second-order valence-corrected chi connectivity index (χ2v) is 5.40. The van der Waals surface area contributed by atoms with Gasteiger partial charge in [0.05, 0.1) is 6.54 Å². The first-order valence-electron chi connectivity index (χ1n) is 6.86. The van der Waals surface area contributed by atoms with E-state index in [1.165, 1.54) is 12.8 Å². The molecule has 2 fully saturated rings. The zero-order valence-corrected chi connectivity index (χ0v) is 10.8. The van der Waals surface area contributed by atoms with Crippen LogP contribution in [0.25, 0.3) is 0 Å². The Kier molecular flexibility index (Phi) is 4.80. The first-order valence-corrected chi connectivity index (χ1v) is 6.86. The molecule has 0 unspecified atom stereocenters. The molecule has 0 aromatic carbocycles. The topological polar surface area (TPSA) is 41.6 Å². The number of hydrogen-bond donors (Lipinski definition) is 1. The van der Waals surface area contributed by atoms with Gasteiger partial charge in [-0.25, -0.2) is 0 Å². The Labute approximate surface area is 104 Å². The fraction of sp³-hybridized carbons (Fsp3) is 0.923. The minimum absolute atomic E-state index is 0.0357. The molecule has 1 saturated heterocycles. The van der Waals surface area contributed by atoms with Gasteiger partial charge in [0, 0.05) is 26.2 Å². The fourth-order valence-electron chi connectivity index (χ4n) is 2.62. The average molecular weight is 240 g/mol. The van der Waals surface area contributed by atoms with Crippen molar-refractivity contribution in [2.45, 2.75) is 38.7 Å². The third-order valence-electron chi connectivity index (χ3n) is 3.82. The summed E-state index contributed by atoms with van der Waals surface area (Å²) >= 11 is 0. The Bertz CT molecular complexity index is 244. The van der Waals surface area contributed by atoms with Gasteiger partial charge in [-0.2, -0.15) is 0 Å². The van der Waals surface area contributed by atoms with Crippen LogP contribution in [-0.2, 0) is 9.53 Å². The third-order valence-corrected chi connectivity index (χ3v) is 3.82. The molecule has 1 aliphatic heterocycles. The van der Waals surface area contributed by atoms with Crippen molar-refractivity contribution < 1.29 is 9.53 Å². The quantitative estimate of drug-likeness (QED) is 0.748. The average Bonchev–Trinajstić information content (AvgIpc) is 2.33.